The Labute approximate surface area is 73.1 Å². The second-order valence-corrected chi connectivity index (χ2v) is 2.32. The zero-order valence-corrected chi connectivity index (χ0v) is 6.92. The van der Waals surface area contributed by atoms with Gasteiger partial charge in [0, 0.05) is 12.1 Å². The lowest BCUT2D eigenvalue weighted by molar-refractivity contribution is -0.639. The van der Waals surface area contributed by atoms with Crippen molar-refractivity contribution in [1.29, 1.82) is 0 Å². The molecule has 0 radical (unpaired) electrons. The van der Waals surface area contributed by atoms with Gasteiger partial charge in [-0.3, -0.25) is 0 Å². The summed E-state index contributed by atoms with van der Waals surface area (Å²) in [6.45, 7) is 2.03. The fraction of sp³-hybridized carbons (Fsp3) is 0.167. The van der Waals surface area contributed by atoms with E-state index in [1.165, 1.54) is 10.2 Å². The lowest BCUT2D eigenvalue weighted by Gasteiger charge is -1.94. The Morgan fingerprint density at radius 1 is 1.15 bits per heavy atom. The summed E-state index contributed by atoms with van der Waals surface area (Å²) < 4.78 is 40.5. The maximum absolute atomic E-state index is 9.75. The van der Waals surface area contributed by atoms with Crippen LogP contribution >= 0.6 is 0 Å². The third-order valence-electron chi connectivity index (χ3n) is 1.02. The molecule has 1 rings (SSSR count). The monoisotopic (exact) mass is 196 g/mol. The summed E-state index contributed by atoms with van der Waals surface area (Å²) in [5, 5.41) is 0. The van der Waals surface area contributed by atoms with Crippen molar-refractivity contribution in [2.45, 2.75) is 6.92 Å². The van der Waals surface area contributed by atoms with E-state index in [9.17, 15) is 17.3 Å². The molecule has 0 aliphatic heterocycles. The normalized spacial score (nSPS) is 10.2. The lowest BCUT2D eigenvalue weighted by Crippen LogP contribution is -2.43. The zero-order valence-electron chi connectivity index (χ0n) is 6.92. The molecular weight excluding hydrogens is 187 g/mol. The van der Waals surface area contributed by atoms with E-state index in [2.05, 4.69) is 0 Å². The topological polar surface area (TPSA) is 29.9 Å². The Bertz CT molecular complexity index is 219. The number of rotatable bonds is 0. The van der Waals surface area contributed by atoms with E-state index in [1.807, 2.05) is 31.5 Å². The summed E-state index contributed by atoms with van der Waals surface area (Å²) in [6.07, 6.45) is 3.63. The molecule has 0 aliphatic carbocycles. The van der Waals surface area contributed by atoms with Crippen LogP contribution in [0.3, 0.4) is 0 Å². The SMILES string of the molecule is Cc1cc[n+](N)cc1.F[B-](F)(F)F. The Morgan fingerprint density at radius 3 is 1.69 bits per heavy atom. The van der Waals surface area contributed by atoms with Gasteiger partial charge < -0.3 is 17.3 Å². The first-order valence-electron chi connectivity index (χ1n) is 3.39. The van der Waals surface area contributed by atoms with E-state index < -0.39 is 7.25 Å². The van der Waals surface area contributed by atoms with E-state index in [1.54, 1.807) is 0 Å². The van der Waals surface area contributed by atoms with Crippen LogP contribution in [0.25, 0.3) is 0 Å². The molecule has 13 heavy (non-hydrogen) atoms. The molecule has 7 heteroatoms. The first-order valence-corrected chi connectivity index (χ1v) is 3.39. The van der Waals surface area contributed by atoms with Crippen LogP contribution in [0.15, 0.2) is 24.5 Å². The molecule has 0 saturated heterocycles. The van der Waals surface area contributed by atoms with Crippen molar-refractivity contribution < 1.29 is 21.9 Å². The Balaban J connectivity index is 0.000000252. The van der Waals surface area contributed by atoms with Crippen LogP contribution in [-0.2, 0) is 0 Å². The van der Waals surface area contributed by atoms with Gasteiger partial charge in [0.2, 0.25) is 0 Å². The predicted octanol–water partition coefficient (Wildman–Crippen LogP) is 1.30. The smallest absolute Gasteiger partial charge is 0.418 e. The van der Waals surface area contributed by atoms with Gasteiger partial charge >= 0.3 is 7.25 Å². The highest BCUT2D eigenvalue weighted by molar-refractivity contribution is 6.50. The Hall–Kier alpha value is -1.27. The standard InChI is InChI=1S/C6H9N2.BF4/c1-6-2-4-8(7)5-3-6;2-1(3,4)5/h2-5H,7H2,1H3;/q+1;-1. The number of hydrogen-bond acceptors (Lipinski definition) is 1. The summed E-state index contributed by atoms with van der Waals surface area (Å²) in [5.74, 6) is 5.34. The van der Waals surface area contributed by atoms with Gasteiger partial charge in [-0.1, -0.05) is 4.68 Å². The van der Waals surface area contributed by atoms with E-state index in [-0.39, 0.29) is 0 Å². The fourth-order valence-corrected chi connectivity index (χ4v) is 0.513. The molecule has 74 valence electrons. The minimum atomic E-state index is -6.00. The molecule has 0 fully saturated rings. The molecule has 0 bridgehead atoms. The molecule has 0 amide bonds. The minimum Gasteiger partial charge on any atom is -0.418 e. The maximum Gasteiger partial charge on any atom is 0.673 e. The van der Waals surface area contributed by atoms with Gasteiger partial charge in [-0.05, 0) is 12.5 Å². The molecule has 2 N–H and O–H groups in total. The van der Waals surface area contributed by atoms with Crippen molar-refractivity contribution in [2.24, 2.45) is 0 Å². The van der Waals surface area contributed by atoms with Crippen LogP contribution in [0, 0.1) is 6.92 Å². The molecule has 0 aromatic carbocycles. The fourth-order valence-electron chi connectivity index (χ4n) is 0.513. The molecule has 1 aromatic rings. The lowest BCUT2D eigenvalue weighted by atomic mass is 10.3. The number of hydrogen-bond donors (Lipinski definition) is 1. The average Bonchev–Trinajstić information content (AvgIpc) is 1.92. The van der Waals surface area contributed by atoms with Gasteiger partial charge in [-0.15, -0.1) is 0 Å². The average molecular weight is 196 g/mol. The Kier molecular flexibility index (Phi) is 4.23. The van der Waals surface area contributed by atoms with Crippen molar-refractivity contribution >= 4 is 7.25 Å². The number of halogens is 4. The molecule has 0 spiro atoms. The van der Waals surface area contributed by atoms with Crippen molar-refractivity contribution in [2.75, 3.05) is 5.84 Å². The number of pyridine rings is 1. The van der Waals surface area contributed by atoms with Crippen LogP contribution in [0.2, 0.25) is 0 Å². The molecule has 1 aromatic heterocycles. The third kappa shape index (κ3) is 10.7. The van der Waals surface area contributed by atoms with Gasteiger partial charge in [-0.25, -0.2) is 5.84 Å². The van der Waals surface area contributed by atoms with E-state index >= 15 is 0 Å². The van der Waals surface area contributed by atoms with Gasteiger partial charge in [0.15, 0.2) is 12.4 Å². The number of aromatic nitrogens is 1. The minimum absolute atomic E-state index is 1.23. The van der Waals surface area contributed by atoms with Crippen molar-refractivity contribution in [3.63, 3.8) is 0 Å². The van der Waals surface area contributed by atoms with Crippen LogP contribution in [0.4, 0.5) is 17.3 Å². The van der Waals surface area contributed by atoms with Crippen LogP contribution < -0.4 is 10.5 Å². The number of nitrogens with two attached hydrogens (primary N) is 1. The van der Waals surface area contributed by atoms with Crippen molar-refractivity contribution in [3.8, 4) is 0 Å². The zero-order chi connectivity index (χ0) is 10.5. The van der Waals surface area contributed by atoms with Crippen LogP contribution in [0.1, 0.15) is 5.56 Å². The van der Waals surface area contributed by atoms with Crippen molar-refractivity contribution in [3.05, 3.63) is 30.1 Å². The molecule has 0 saturated carbocycles. The third-order valence-corrected chi connectivity index (χ3v) is 1.02. The molecule has 2 nitrogen and oxygen atoms in total. The largest absolute Gasteiger partial charge is 0.673 e. The number of nitrogens with zero attached hydrogens (tertiary/aromatic N) is 1. The van der Waals surface area contributed by atoms with Crippen LogP contribution in [-0.4, -0.2) is 7.25 Å². The van der Waals surface area contributed by atoms with E-state index in [4.69, 9.17) is 5.84 Å². The van der Waals surface area contributed by atoms with Gasteiger partial charge in [0.25, 0.3) is 0 Å². The quantitative estimate of drug-likeness (QED) is 0.288. The first-order chi connectivity index (χ1) is 5.79. The summed E-state index contributed by atoms with van der Waals surface area (Å²) in [7, 11) is -6.00. The molecule has 0 aliphatic rings. The predicted molar refractivity (Wildman–Crippen MR) is 41.7 cm³/mol. The highest BCUT2D eigenvalue weighted by atomic mass is 19.5. The second-order valence-electron chi connectivity index (χ2n) is 2.32. The highest BCUT2D eigenvalue weighted by Gasteiger charge is 2.20. The maximum atomic E-state index is 9.75. The molecular formula is C6H9BF4N2. The molecule has 1 heterocycles. The molecule has 0 atom stereocenters. The summed E-state index contributed by atoms with van der Waals surface area (Å²) in [5.41, 5.74) is 1.23. The van der Waals surface area contributed by atoms with Gasteiger partial charge in [0.1, 0.15) is 0 Å². The van der Waals surface area contributed by atoms with Crippen molar-refractivity contribution in [1.82, 2.24) is 0 Å². The summed E-state index contributed by atoms with van der Waals surface area (Å²) in [6, 6.07) is 3.92. The van der Waals surface area contributed by atoms with E-state index in [0.29, 0.717) is 0 Å². The summed E-state index contributed by atoms with van der Waals surface area (Å²) in [4.78, 5) is 0. The summed E-state index contributed by atoms with van der Waals surface area (Å²) >= 11 is 0. The van der Waals surface area contributed by atoms with E-state index in [0.717, 1.165) is 0 Å². The van der Waals surface area contributed by atoms with Crippen LogP contribution in [0.5, 0.6) is 0 Å². The second kappa shape index (κ2) is 4.69. The van der Waals surface area contributed by atoms with Gasteiger partial charge in [0.05, 0.1) is 0 Å². The first kappa shape index (κ1) is 11.7. The number of aryl methyl sites for hydroxylation is 1. The number of nitrogen functional groups attached to an aromatic ring is 1. The van der Waals surface area contributed by atoms with Gasteiger partial charge in [-0.2, -0.15) is 0 Å². The highest BCUT2D eigenvalue weighted by Crippen LogP contribution is 2.06. The molecule has 0 unspecified atom stereocenters. The Morgan fingerprint density at radius 2 is 1.46 bits per heavy atom.